The fraction of sp³-hybridized carbons (Fsp3) is 0.761. The van der Waals surface area contributed by atoms with Crippen molar-refractivity contribution in [2.24, 2.45) is 0 Å². The molecule has 1 atom stereocenters. The normalized spacial score (nSPS) is 12.6. The number of carbonyl (C=O) groups is 3. The highest BCUT2D eigenvalue weighted by Crippen LogP contribution is 2.17. The predicted octanol–water partition coefficient (Wildman–Crippen LogP) is 22.7. The minimum atomic E-state index is -0.779. The number of unbranched alkanes of at least 4 members (excludes halogenated alkanes) is 35. The first-order valence-electron chi connectivity index (χ1n) is 33.1. The Bertz CT molecular complexity index is 1470. The van der Waals surface area contributed by atoms with E-state index in [9.17, 15) is 14.4 Å². The van der Waals surface area contributed by atoms with Gasteiger partial charge in [0.15, 0.2) is 6.10 Å². The molecule has 0 aliphatic heterocycles. The largest absolute Gasteiger partial charge is 0.462 e. The van der Waals surface area contributed by atoms with Crippen molar-refractivity contribution in [3.8, 4) is 0 Å². The Kier molecular flexibility index (Phi) is 62.2. The van der Waals surface area contributed by atoms with Crippen LogP contribution in [0.1, 0.15) is 329 Å². The summed E-state index contributed by atoms with van der Waals surface area (Å²) in [6, 6.07) is 0. The molecule has 0 N–H and O–H groups in total. The van der Waals surface area contributed by atoms with E-state index >= 15 is 0 Å². The van der Waals surface area contributed by atoms with Crippen LogP contribution in [0.4, 0.5) is 0 Å². The molecular weight excluding hydrogens is 949 g/mol. The van der Waals surface area contributed by atoms with Crippen LogP contribution in [0.15, 0.2) is 85.1 Å². The van der Waals surface area contributed by atoms with E-state index in [1.807, 2.05) is 0 Å². The van der Waals surface area contributed by atoms with Crippen LogP contribution in [0.3, 0.4) is 0 Å². The maximum atomic E-state index is 12.9. The molecule has 0 aliphatic carbocycles. The number of esters is 3. The van der Waals surface area contributed by atoms with Gasteiger partial charge in [-0.3, -0.25) is 14.4 Å². The number of ether oxygens (including phenoxy) is 3. The quantitative estimate of drug-likeness (QED) is 0.0261. The Morgan fingerprint density at radius 1 is 0.273 bits per heavy atom. The zero-order valence-corrected chi connectivity index (χ0v) is 51.0. The van der Waals surface area contributed by atoms with E-state index < -0.39 is 6.10 Å². The van der Waals surface area contributed by atoms with E-state index in [1.54, 1.807) is 0 Å². The minimum absolute atomic E-state index is 0.0757. The van der Waals surface area contributed by atoms with Gasteiger partial charge in [0.1, 0.15) is 13.2 Å². The van der Waals surface area contributed by atoms with Crippen LogP contribution in [0.5, 0.6) is 0 Å². The lowest BCUT2D eigenvalue weighted by atomic mass is 10.0. The molecule has 0 aromatic rings. The standard InChI is InChI=1S/C71H124O6/c1-4-7-10-13-16-19-22-24-26-28-29-30-31-32-33-34-35-36-37-38-39-40-41-43-44-46-49-52-55-58-61-64-70(73)76-67-68(66-75-69(72)63-60-57-54-51-48-21-18-15-12-9-6-3)77-71(74)65-62-59-56-53-50-47-45-42-27-25-23-20-17-14-11-8-5-2/h7-8,10-11,16-17,19-20,24-27,29-30,68H,4-6,9,12-15,18,21-23,28,31-67H2,1-3H3/b10-7-,11-8-,19-16-,20-17-,26-24-,27-25-,30-29-. The molecule has 1 unspecified atom stereocenters. The van der Waals surface area contributed by atoms with Crippen LogP contribution >= 0.6 is 0 Å². The molecule has 6 nitrogen and oxygen atoms in total. The molecule has 0 spiro atoms. The van der Waals surface area contributed by atoms with Gasteiger partial charge in [-0.05, 0) is 89.9 Å². The zero-order valence-electron chi connectivity index (χ0n) is 51.0. The van der Waals surface area contributed by atoms with Crippen molar-refractivity contribution in [1.82, 2.24) is 0 Å². The number of rotatable bonds is 60. The molecule has 0 amide bonds. The Hall–Kier alpha value is -3.41. The first-order chi connectivity index (χ1) is 38.0. The lowest BCUT2D eigenvalue weighted by Crippen LogP contribution is -2.30. The lowest BCUT2D eigenvalue weighted by Gasteiger charge is -2.18. The summed E-state index contributed by atoms with van der Waals surface area (Å²) >= 11 is 0. The third-order valence-electron chi connectivity index (χ3n) is 14.4. The van der Waals surface area contributed by atoms with Crippen LogP contribution in [-0.4, -0.2) is 37.2 Å². The van der Waals surface area contributed by atoms with Crippen molar-refractivity contribution in [2.75, 3.05) is 13.2 Å². The molecule has 6 heteroatoms. The smallest absolute Gasteiger partial charge is 0.306 e. The molecule has 0 fully saturated rings. The highest BCUT2D eigenvalue weighted by Gasteiger charge is 2.19. The summed E-state index contributed by atoms with van der Waals surface area (Å²) in [6.07, 6.45) is 86.1. The third kappa shape index (κ3) is 63.3. The topological polar surface area (TPSA) is 78.9 Å². The number of hydrogen-bond acceptors (Lipinski definition) is 6. The van der Waals surface area contributed by atoms with Gasteiger partial charge in [0, 0.05) is 19.3 Å². The Morgan fingerprint density at radius 3 is 0.792 bits per heavy atom. The molecule has 0 bridgehead atoms. The van der Waals surface area contributed by atoms with Crippen molar-refractivity contribution in [1.29, 1.82) is 0 Å². The number of carbonyl (C=O) groups excluding carboxylic acids is 3. The fourth-order valence-corrected chi connectivity index (χ4v) is 9.51. The molecule has 0 aromatic carbocycles. The Morgan fingerprint density at radius 2 is 0.506 bits per heavy atom. The van der Waals surface area contributed by atoms with Gasteiger partial charge >= 0.3 is 17.9 Å². The molecule has 0 aliphatic rings. The maximum absolute atomic E-state index is 12.9. The number of hydrogen-bond donors (Lipinski definition) is 0. The van der Waals surface area contributed by atoms with Crippen LogP contribution in [-0.2, 0) is 28.6 Å². The average molecular weight is 1070 g/mol. The van der Waals surface area contributed by atoms with Crippen molar-refractivity contribution >= 4 is 17.9 Å². The first-order valence-corrected chi connectivity index (χ1v) is 33.1. The third-order valence-corrected chi connectivity index (χ3v) is 14.4. The molecule has 0 saturated heterocycles. The van der Waals surface area contributed by atoms with Crippen LogP contribution in [0.25, 0.3) is 0 Å². The number of allylic oxidation sites excluding steroid dienone is 14. The summed E-state index contributed by atoms with van der Waals surface area (Å²) in [5.74, 6) is -0.871. The molecule has 0 saturated carbocycles. The second-order valence-corrected chi connectivity index (χ2v) is 22.0. The van der Waals surface area contributed by atoms with Gasteiger partial charge in [-0.15, -0.1) is 0 Å². The monoisotopic (exact) mass is 1070 g/mol. The van der Waals surface area contributed by atoms with E-state index in [1.165, 1.54) is 180 Å². The molecule has 0 rings (SSSR count). The van der Waals surface area contributed by atoms with Crippen LogP contribution < -0.4 is 0 Å². The van der Waals surface area contributed by atoms with Gasteiger partial charge in [-0.1, -0.05) is 305 Å². The summed E-state index contributed by atoms with van der Waals surface area (Å²) in [5.41, 5.74) is 0. The van der Waals surface area contributed by atoms with E-state index in [0.29, 0.717) is 19.3 Å². The van der Waals surface area contributed by atoms with Gasteiger partial charge in [0.2, 0.25) is 0 Å². The van der Waals surface area contributed by atoms with Crippen molar-refractivity contribution in [2.45, 2.75) is 335 Å². The SMILES string of the molecule is CC/C=C\C/C=C\C/C=C\C/C=C\CCCCCCCCCCCCCCCCCCCCC(=O)OCC(COC(=O)CCCCCCCCCCCCC)OC(=O)CCCCCCCCC/C=C\C/C=C\C/C=C\CC. The Labute approximate surface area is 477 Å². The van der Waals surface area contributed by atoms with Crippen LogP contribution in [0.2, 0.25) is 0 Å². The molecule has 444 valence electrons. The highest BCUT2D eigenvalue weighted by atomic mass is 16.6. The van der Waals surface area contributed by atoms with Gasteiger partial charge in [-0.2, -0.15) is 0 Å². The van der Waals surface area contributed by atoms with E-state index in [2.05, 4.69) is 106 Å². The van der Waals surface area contributed by atoms with Gasteiger partial charge in [0.25, 0.3) is 0 Å². The van der Waals surface area contributed by atoms with Crippen molar-refractivity contribution < 1.29 is 28.6 Å². The summed E-state index contributed by atoms with van der Waals surface area (Å²) < 4.78 is 16.9. The van der Waals surface area contributed by atoms with E-state index in [0.717, 1.165) is 109 Å². The van der Waals surface area contributed by atoms with Gasteiger partial charge in [0.05, 0.1) is 0 Å². The molecule has 0 aromatic heterocycles. The second-order valence-electron chi connectivity index (χ2n) is 22.0. The zero-order chi connectivity index (χ0) is 55.7. The fourth-order valence-electron chi connectivity index (χ4n) is 9.51. The molecular formula is C71H124O6. The molecule has 77 heavy (non-hydrogen) atoms. The van der Waals surface area contributed by atoms with Crippen molar-refractivity contribution in [3.63, 3.8) is 0 Å². The summed E-state index contributed by atoms with van der Waals surface area (Å²) in [6.45, 7) is 6.44. The predicted molar refractivity (Wildman–Crippen MR) is 334 cm³/mol. The minimum Gasteiger partial charge on any atom is -0.462 e. The average Bonchev–Trinajstić information content (AvgIpc) is 3.43. The molecule has 0 heterocycles. The summed E-state index contributed by atoms with van der Waals surface area (Å²) in [5, 5.41) is 0. The first kappa shape index (κ1) is 73.6. The molecule has 0 radical (unpaired) electrons. The van der Waals surface area contributed by atoms with Gasteiger partial charge in [-0.25, -0.2) is 0 Å². The van der Waals surface area contributed by atoms with Crippen molar-refractivity contribution in [3.05, 3.63) is 85.1 Å². The summed E-state index contributed by atoms with van der Waals surface area (Å²) in [7, 11) is 0. The Balaban J connectivity index is 4.15. The maximum Gasteiger partial charge on any atom is 0.306 e. The van der Waals surface area contributed by atoms with Crippen LogP contribution in [0, 0.1) is 0 Å². The van der Waals surface area contributed by atoms with Gasteiger partial charge < -0.3 is 14.2 Å². The van der Waals surface area contributed by atoms with E-state index in [-0.39, 0.29) is 31.1 Å². The lowest BCUT2D eigenvalue weighted by molar-refractivity contribution is -0.167. The summed E-state index contributed by atoms with van der Waals surface area (Å²) in [4.78, 5) is 38.3. The highest BCUT2D eigenvalue weighted by molar-refractivity contribution is 5.71. The van der Waals surface area contributed by atoms with E-state index in [4.69, 9.17) is 14.2 Å². The second kappa shape index (κ2) is 65.1.